The summed E-state index contributed by atoms with van der Waals surface area (Å²) < 4.78 is 11.9. The lowest BCUT2D eigenvalue weighted by atomic mass is 9.82. The van der Waals surface area contributed by atoms with Crippen molar-refractivity contribution in [1.82, 2.24) is 10.2 Å². The van der Waals surface area contributed by atoms with Crippen molar-refractivity contribution in [1.29, 1.82) is 0 Å². The molecular weight excluding hydrogens is 264 g/mol. The van der Waals surface area contributed by atoms with Crippen LogP contribution in [0.5, 0.6) is 0 Å². The molecule has 0 aromatic carbocycles. The molecule has 124 valence electrons. The lowest BCUT2D eigenvalue weighted by Crippen LogP contribution is -2.52. The van der Waals surface area contributed by atoms with Gasteiger partial charge in [0.05, 0.1) is 17.8 Å². The van der Waals surface area contributed by atoms with E-state index in [2.05, 4.69) is 51.9 Å². The maximum absolute atomic E-state index is 6.40. The van der Waals surface area contributed by atoms with Gasteiger partial charge in [0, 0.05) is 31.2 Å². The van der Waals surface area contributed by atoms with Crippen LogP contribution in [0, 0.1) is 5.92 Å². The molecule has 3 atom stereocenters. The third-order valence-electron chi connectivity index (χ3n) is 5.20. The fraction of sp³-hybridized carbons (Fsp3) is 1.00. The number of likely N-dealkylation sites (N-methyl/N-ethyl adjacent to an activating group) is 1. The topological polar surface area (TPSA) is 33.7 Å². The number of nitrogens with zero attached hydrogens (tertiary/aromatic N) is 1. The molecule has 21 heavy (non-hydrogen) atoms. The molecule has 1 N–H and O–H groups in total. The van der Waals surface area contributed by atoms with Crippen LogP contribution >= 0.6 is 0 Å². The summed E-state index contributed by atoms with van der Waals surface area (Å²) in [7, 11) is 2.23. The van der Waals surface area contributed by atoms with Gasteiger partial charge in [-0.15, -0.1) is 0 Å². The molecule has 0 aromatic heterocycles. The van der Waals surface area contributed by atoms with Gasteiger partial charge in [-0.25, -0.2) is 0 Å². The van der Waals surface area contributed by atoms with Crippen molar-refractivity contribution in [2.24, 2.45) is 5.92 Å². The van der Waals surface area contributed by atoms with Gasteiger partial charge >= 0.3 is 0 Å². The Labute approximate surface area is 130 Å². The number of hydrogen-bond donors (Lipinski definition) is 1. The molecule has 0 spiro atoms. The van der Waals surface area contributed by atoms with E-state index in [1.807, 2.05) is 0 Å². The molecule has 0 aromatic rings. The van der Waals surface area contributed by atoms with Crippen molar-refractivity contribution in [3.05, 3.63) is 0 Å². The molecule has 2 aliphatic rings. The fourth-order valence-corrected chi connectivity index (χ4v) is 4.05. The Balaban J connectivity index is 2.08. The summed E-state index contributed by atoms with van der Waals surface area (Å²) in [5.41, 5.74) is -0.209. The van der Waals surface area contributed by atoms with Crippen molar-refractivity contribution in [3.8, 4) is 0 Å². The van der Waals surface area contributed by atoms with Gasteiger partial charge in [0.25, 0.3) is 0 Å². The molecule has 2 rings (SSSR count). The third-order valence-corrected chi connectivity index (χ3v) is 5.20. The highest BCUT2D eigenvalue weighted by atomic mass is 16.5. The van der Waals surface area contributed by atoms with Crippen LogP contribution in [0.3, 0.4) is 0 Å². The second kappa shape index (κ2) is 6.53. The molecule has 2 fully saturated rings. The first-order chi connectivity index (χ1) is 9.78. The van der Waals surface area contributed by atoms with Gasteiger partial charge in [-0.3, -0.25) is 0 Å². The zero-order chi connectivity index (χ0) is 15.7. The van der Waals surface area contributed by atoms with Gasteiger partial charge < -0.3 is 19.7 Å². The van der Waals surface area contributed by atoms with Gasteiger partial charge in [-0.05, 0) is 54.1 Å². The summed E-state index contributed by atoms with van der Waals surface area (Å²) in [6.45, 7) is 15.0. The van der Waals surface area contributed by atoms with Crippen LogP contribution in [0.2, 0.25) is 0 Å². The van der Waals surface area contributed by atoms with E-state index in [-0.39, 0.29) is 11.2 Å². The van der Waals surface area contributed by atoms with Crippen LogP contribution in [-0.2, 0) is 9.47 Å². The molecule has 4 nitrogen and oxygen atoms in total. The average Bonchev–Trinajstić information content (AvgIpc) is 2.94. The van der Waals surface area contributed by atoms with Crippen molar-refractivity contribution >= 4 is 0 Å². The van der Waals surface area contributed by atoms with Crippen LogP contribution in [0.1, 0.15) is 47.5 Å². The van der Waals surface area contributed by atoms with Crippen LogP contribution in [0.25, 0.3) is 0 Å². The van der Waals surface area contributed by atoms with Gasteiger partial charge in [-0.2, -0.15) is 0 Å². The quantitative estimate of drug-likeness (QED) is 0.816. The molecule has 0 saturated carbocycles. The van der Waals surface area contributed by atoms with Gasteiger partial charge in [0.15, 0.2) is 0 Å². The Hall–Kier alpha value is -0.160. The summed E-state index contributed by atoms with van der Waals surface area (Å²) in [6, 6.07) is 0.966. The Morgan fingerprint density at radius 3 is 2.48 bits per heavy atom. The van der Waals surface area contributed by atoms with E-state index in [1.165, 1.54) is 0 Å². The second-order valence-corrected chi connectivity index (χ2v) is 7.80. The van der Waals surface area contributed by atoms with Gasteiger partial charge in [0.2, 0.25) is 0 Å². The van der Waals surface area contributed by atoms with Crippen LogP contribution in [0.15, 0.2) is 0 Å². The molecular formula is C17H34N2O2. The minimum absolute atomic E-state index is 0.0946. The molecule has 2 saturated heterocycles. The van der Waals surface area contributed by atoms with Crippen molar-refractivity contribution in [2.75, 3.05) is 33.4 Å². The first kappa shape index (κ1) is 17.2. The molecule has 0 bridgehead atoms. The van der Waals surface area contributed by atoms with E-state index < -0.39 is 0 Å². The molecule has 2 heterocycles. The highest BCUT2D eigenvalue weighted by Gasteiger charge is 2.53. The standard InChI is InChI=1S/C17H34N2O2/c1-7-9-18-15-14(16(2,3)21-17(15,4)5)11-19(6)13-8-10-20-12-13/h13-15,18H,7-12H2,1-6H3. The summed E-state index contributed by atoms with van der Waals surface area (Å²) in [6.07, 6.45) is 2.31. The predicted octanol–water partition coefficient (Wildman–Crippen LogP) is 2.28. The molecule has 3 unspecified atom stereocenters. The number of rotatable bonds is 6. The Kier molecular flexibility index (Phi) is 5.35. The van der Waals surface area contributed by atoms with Crippen LogP contribution < -0.4 is 5.32 Å². The van der Waals surface area contributed by atoms with Crippen molar-refractivity contribution < 1.29 is 9.47 Å². The van der Waals surface area contributed by atoms with Crippen molar-refractivity contribution in [2.45, 2.75) is 70.7 Å². The van der Waals surface area contributed by atoms with Gasteiger partial charge in [0.1, 0.15) is 0 Å². The Morgan fingerprint density at radius 2 is 1.90 bits per heavy atom. The smallest absolute Gasteiger partial charge is 0.0790 e. The monoisotopic (exact) mass is 298 g/mol. The normalized spacial score (nSPS) is 34.7. The van der Waals surface area contributed by atoms with Crippen LogP contribution in [0.4, 0.5) is 0 Å². The Morgan fingerprint density at radius 1 is 1.19 bits per heavy atom. The molecule has 0 radical (unpaired) electrons. The minimum atomic E-state index is -0.115. The van der Waals surface area contributed by atoms with Crippen LogP contribution in [-0.4, -0.2) is 61.5 Å². The molecule has 0 amide bonds. The summed E-state index contributed by atoms with van der Waals surface area (Å²) in [4.78, 5) is 2.48. The number of nitrogens with one attached hydrogen (secondary N) is 1. The van der Waals surface area contributed by atoms with E-state index in [0.29, 0.717) is 18.0 Å². The summed E-state index contributed by atoms with van der Waals surface area (Å²) >= 11 is 0. The lowest BCUT2D eigenvalue weighted by molar-refractivity contribution is -0.0798. The minimum Gasteiger partial charge on any atom is -0.380 e. The maximum Gasteiger partial charge on any atom is 0.0790 e. The molecule has 4 heteroatoms. The highest BCUT2D eigenvalue weighted by molar-refractivity contribution is 5.06. The lowest BCUT2D eigenvalue weighted by Gasteiger charge is -2.35. The van der Waals surface area contributed by atoms with Crippen molar-refractivity contribution in [3.63, 3.8) is 0 Å². The highest BCUT2D eigenvalue weighted by Crippen LogP contribution is 2.42. The first-order valence-corrected chi connectivity index (χ1v) is 8.49. The maximum atomic E-state index is 6.40. The SMILES string of the molecule is CCCNC1C(CN(C)C2CCOC2)C(C)(C)OC1(C)C. The van der Waals surface area contributed by atoms with E-state index in [4.69, 9.17) is 9.47 Å². The third kappa shape index (κ3) is 3.79. The van der Waals surface area contributed by atoms with E-state index in [0.717, 1.165) is 39.1 Å². The summed E-state index contributed by atoms with van der Waals surface area (Å²) in [5, 5.41) is 3.74. The predicted molar refractivity (Wildman–Crippen MR) is 86.7 cm³/mol. The van der Waals surface area contributed by atoms with E-state index >= 15 is 0 Å². The second-order valence-electron chi connectivity index (χ2n) is 7.80. The molecule has 2 aliphatic heterocycles. The largest absolute Gasteiger partial charge is 0.380 e. The van der Waals surface area contributed by atoms with E-state index in [1.54, 1.807) is 0 Å². The zero-order valence-electron chi connectivity index (χ0n) is 14.7. The zero-order valence-corrected chi connectivity index (χ0v) is 14.7. The first-order valence-electron chi connectivity index (χ1n) is 8.49. The van der Waals surface area contributed by atoms with E-state index in [9.17, 15) is 0 Å². The number of ether oxygens (including phenoxy) is 2. The van der Waals surface area contributed by atoms with Gasteiger partial charge in [-0.1, -0.05) is 6.92 Å². The fourth-order valence-electron chi connectivity index (χ4n) is 4.05. The Bertz CT molecular complexity index is 338. The summed E-state index contributed by atoms with van der Waals surface area (Å²) in [5.74, 6) is 0.490. The average molecular weight is 298 g/mol. The number of hydrogen-bond acceptors (Lipinski definition) is 4. The molecule has 0 aliphatic carbocycles.